The summed E-state index contributed by atoms with van der Waals surface area (Å²) >= 11 is 4.93. The van der Waals surface area contributed by atoms with Crippen molar-refractivity contribution in [2.75, 3.05) is 5.73 Å². The second kappa shape index (κ2) is 4.89. The molecule has 0 aliphatic carbocycles. The topological polar surface area (TPSA) is 83.8 Å². The van der Waals surface area contributed by atoms with E-state index in [0.29, 0.717) is 17.9 Å². The molecule has 90 valence electrons. The number of anilines is 1. The number of aromatic nitrogens is 2. The number of aryl methyl sites for hydroxylation is 1. The van der Waals surface area contributed by atoms with E-state index in [4.69, 9.17) is 5.73 Å². The molecular formula is C10H11BrN4OS. The number of nitrogens with two attached hydrogens (primary N) is 1. The Morgan fingerprint density at radius 3 is 3.00 bits per heavy atom. The molecule has 0 atom stereocenters. The maximum atomic E-state index is 11.8. The fourth-order valence-electron chi connectivity index (χ4n) is 1.31. The second-order valence-corrected chi connectivity index (χ2v) is 5.44. The Balaban J connectivity index is 2.00. The van der Waals surface area contributed by atoms with Crippen molar-refractivity contribution in [1.82, 2.24) is 15.5 Å². The number of nitrogens with zero attached hydrogens (tertiary/aromatic N) is 1. The molecule has 0 radical (unpaired) electrons. The molecule has 2 aromatic rings. The summed E-state index contributed by atoms with van der Waals surface area (Å²) < 4.78 is 1.02. The standard InChI is InChI=1S/C10H11BrN4OS/c1-5-8(12)9(15-14-5)10(16)13-3-7-2-6(11)4-17-7/h2,4H,3,12H2,1H3,(H,13,16)(H,14,15). The van der Waals surface area contributed by atoms with Crippen molar-refractivity contribution < 1.29 is 4.79 Å². The highest BCUT2D eigenvalue weighted by atomic mass is 79.9. The Hall–Kier alpha value is -1.34. The first-order valence-corrected chi connectivity index (χ1v) is 6.56. The van der Waals surface area contributed by atoms with Crippen molar-refractivity contribution in [3.05, 3.63) is 32.2 Å². The summed E-state index contributed by atoms with van der Waals surface area (Å²) in [5.74, 6) is -0.267. The molecule has 2 heterocycles. The fraction of sp³-hybridized carbons (Fsp3) is 0.200. The highest BCUT2D eigenvalue weighted by molar-refractivity contribution is 9.10. The largest absolute Gasteiger partial charge is 0.395 e. The summed E-state index contributed by atoms with van der Waals surface area (Å²) in [6.45, 7) is 2.25. The molecule has 2 rings (SSSR count). The molecule has 0 aliphatic heterocycles. The molecule has 0 aliphatic rings. The number of carbonyl (C=O) groups excluding carboxylic acids is 1. The van der Waals surface area contributed by atoms with Gasteiger partial charge in [-0.05, 0) is 28.9 Å². The van der Waals surface area contributed by atoms with Crippen LogP contribution in [0.25, 0.3) is 0 Å². The van der Waals surface area contributed by atoms with Gasteiger partial charge in [-0.2, -0.15) is 5.10 Å². The van der Waals surface area contributed by atoms with E-state index in [0.717, 1.165) is 9.35 Å². The van der Waals surface area contributed by atoms with Crippen molar-refractivity contribution in [2.24, 2.45) is 0 Å². The summed E-state index contributed by atoms with van der Waals surface area (Å²) in [5.41, 5.74) is 7.07. The third-order valence-electron chi connectivity index (χ3n) is 2.25. The zero-order valence-electron chi connectivity index (χ0n) is 9.08. The van der Waals surface area contributed by atoms with E-state index < -0.39 is 0 Å². The Kier molecular flexibility index (Phi) is 3.49. The van der Waals surface area contributed by atoms with Crippen molar-refractivity contribution in [1.29, 1.82) is 0 Å². The maximum Gasteiger partial charge on any atom is 0.274 e. The lowest BCUT2D eigenvalue weighted by Gasteiger charge is -2.01. The van der Waals surface area contributed by atoms with Crippen LogP contribution < -0.4 is 11.1 Å². The number of thiophene rings is 1. The third kappa shape index (κ3) is 2.67. The van der Waals surface area contributed by atoms with Crippen LogP contribution in [-0.4, -0.2) is 16.1 Å². The van der Waals surface area contributed by atoms with Gasteiger partial charge < -0.3 is 11.1 Å². The number of nitrogens with one attached hydrogen (secondary N) is 2. The van der Waals surface area contributed by atoms with Crippen LogP contribution in [0.5, 0.6) is 0 Å². The van der Waals surface area contributed by atoms with E-state index in [1.165, 1.54) is 0 Å². The van der Waals surface area contributed by atoms with Crippen LogP contribution in [0.4, 0.5) is 5.69 Å². The van der Waals surface area contributed by atoms with Crippen LogP contribution in [0.3, 0.4) is 0 Å². The lowest BCUT2D eigenvalue weighted by atomic mass is 10.3. The third-order valence-corrected chi connectivity index (χ3v) is 3.95. The Morgan fingerprint density at radius 2 is 2.47 bits per heavy atom. The van der Waals surface area contributed by atoms with Crippen molar-refractivity contribution in [3.8, 4) is 0 Å². The lowest BCUT2D eigenvalue weighted by molar-refractivity contribution is 0.0947. The first-order valence-electron chi connectivity index (χ1n) is 4.89. The molecular weight excluding hydrogens is 304 g/mol. The molecule has 17 heavy (non-hydrogen) atoms. The van der Waals surface area contributed by atoms with Gasteiger partial charge in [0.25, 0.3) is 5.91 Å². The maximum absolute atomic E-state index is 11.8. The van der Waals surface area contributed by atoms with E-state index in [1.54, 1.807) is 18.3 Å². The molecule has 2 aromatic heterocycles. The predicted octanol–water partition coefficient (Wildman–Crippen LogP) is 2.05. The van der Waals surface area contributed by atoms with E-state index >= 15 is 0 Å². The summed E-state index contributed by atoms with van der Waals surface area (Å²) in [5, 5.41) is 11.3. The fourth-order valence-corrected chi connectivity index (χ4v) is 2.70. The van der Waals surface area contributed by atoms with Gasteiger partial charge in [-0.15, -0.1) is 11.3 Å². The van der Waals surface area contributed by atoms with E-state index in [9.17, 15) is 4.79 Å². The first kappa shape index (κ1) is 12.1. The van der Waals surface area contributed by atoms with Gasteiger partial charge in [0.05, 0.1) is 17.9 Å². The molecule has 4 N–H and O–H groups in total. The number of H-pyrrole nitrogens is 1. The number of nitrogen functional groups attached to an aromatic ring is 1. The van der Waals surface area contributed by atoms with Crippen LogP contribution >= 0.6 is 27.3 Å². The summed E-state index contributed by atoms with van der Waals surface area (Å²) in [7, 11) is 0. The highest BCUT2D eigenvalue weighted by Crippen LogP contribution is 2.19. The second-order valence-electron chi connectivity index (χ2n) is 3.52. The van der Waals surface area contributed by atoms with Crippen LogP contribution in [0, 0.1) is 6.92 Å². The quantitative estimate of drug-likeness (QED) is 0.810. The normalized spacial score (nSPS) is 10.5. The number of hydrogen-bond donors (Lipinski definition) is 3. The van der Waals surface area contributed by atoms with Crippen molar-refractivity contribution in [2.45, 2.75) is 13.5 Å². The van der Waals surface area contributed by atoms with Crippen LogP contribution in [0.1, 0.15) is 21.1 Å². The van der Waals surface area contributed by atoms with Gasteiger partial charge in [0, 0.05) is 14.7 Å². The Morgan fingerprint density at radius 1 is 1.71 bits per heavy atom. The molecule has 5 nitrogen and oxygen atoms in total. The summed E-state index contributed by atoms with van der Waals surface area (Å²) in [4.78, 5) is 12.8. The predicted molar refractivity (Wildman–Crippen MR) is 70.9 cm³/mol. The molecule has 0 bridgehead atoms. The minimum atomic E-state index is -0.267. The van der Waals surface area contributed by atoms with Gasteiger partial charge >= 0.3 is 0 Å². The molecule has 0 aromatic carbocycles. The van der Waals surface area contributed by atoms with Crippen LogP contribution in [0.15, 0.2) is 15.9 Å². The zero-order valence-corrected chi connectivity index (χ0v) is 11.5. The molecule has 0 unspecified atom stereocenters. The number of halogens is 1. The monoisotopic (exact) mass is 314 g/mol. The lowest BCUT2D eigenvalue weighted by Crippen LogP contribution is -2.23. The molecule has 0 fully saturated rings. The average Bonchev–Trinajstić information content (AvgIpc) is 2.84. The highest BCUT2D eigenvalue weighted by Gasteiger charge is 2.14. The average molecular weight is 315 g/mol. The SMILES string of the molecule is Cc1[nH]nc(C(=O)NCc2cc(Br)cs2)c1N. The van der Waals surface area contributed by atoms with Crippen molar-refractivity contribution in [3.63, 3.8) is 0 Å². The van der Waals surface area contributed by atoms with Crippen LogP contribution in [0.2, 0.25) is 0 Å². The molecule has 0 spiro atoms. The minimum Gasteiger partial charge on any atom is -0.395 e. The van der Waals surface area contributed by atoms with E-state index in [-0.39, 0.29) is 11.6 Å². The van der Waals surface area contributed by atoms with E-state index in [2.05, 4.69) is 31.4 Å². The minimum absolute atomic E-state index is 0.248. The number of carbonyl (C=O) groups is 1. The van der Waals surface area contributed by atoms with Gasteiger partial charge in [-0.1, -0.05) is 0 Å². The van der Waals surface area contributed by atoms with Gasteiger partial charge in [0.2, 0.25) is 0 Å². The van der Waals surface area contributed by atoms with Gasteiger partial charge in [0.1, 0.15) is 0 Å². The van der Waals surface area contributed by atoms with Gasteiger partial charge in [-0.3, -0.25) is 9.89 Å². The molecule has 1 amide bonds. The number of aromatic amines is 1. The van der Waals surface area contributed by atoms with Crippen LogP contribution in [-0.2, 0) is 6.54 Å². The van der Waals surface area contributed by atoms with Gasteiger partial charge in [0.15, 0.2) is 5.69 Å². The van der Waals surface area contributed by atoms with Gasteiger partial charge in [-0.25, -0.2) is 0 Å². The number of hydrogen-bond acceptors (Lipinski definition) is 4. The van der Waals surface area contributed by atoms with E-state index in [1.807, 2.05) is 11.4 Å². The van der Waals surface area contributed by atoms with Crippen molar-refractivity contribution >= 4 is 38.9 Å². The number of amides is 1. The molecule has 0 saturated carbocycles. The smallest absolute Gasteiger partial charge is 0.274 e. The first-order chi connectivity index (χ1) is 8.08. The summed E-state index contributed by atoms with van der Waals surface area (Å²) in [6, 6.07) is 1.96. The summed E-state index contributed by atoms with van der Waals surface area (Å²) in [6.07, 6.45) is 0. The Bertz CT molecular complexity index is 548. The number of rotatable bonds is 3. The Labute approximate surface area is 111 Å². The molecule has 0 saturated heterocycles. The zero-order chi connectivity index (χ0) is 12.4. The molecule has 7 heteroatoms.